The van der Waals surface area contributed by atoms with Gasteiger partial charge in [0.1, 0.15) is 6.07 Å². The van der Waals surface area contributed by atoms with Crippen molar-refractivity contribution >= 4 is 15.9 Å². The number of nitriles is 1. The fourth-order valence-corrected chi connectivity index (χ4v) is 1.60. The Balaban J connectivity index is 2.52. The molecule has 0 amide bonds. The van der Waals surface area contributed by atoms with Gasteiger partial charge in [0.25, 0.3) is 0 Å². The van der Waals surface area contributed by atoms with E-state index in [1.807, 2.05) is 48.5 Å². The summed E-state index contributed by atoms with van der Waals surface area (Å²) in [5, 5.41) is 8.85. The molecule has 15 heavy (non-hydrogen) atoms. The molecule has 0 unspecified atom stereocenters. The van der Waals surface area contributed by atoms with Gasteiger partial charge in [0.05, 0.1) is 10.2 Å². The molecule has 3 heteroatoms. The lowest BCUT2D eigenvalue weighted by atomic mass is 10.1. The van der Waals surface area contributed by atoms with Crippen molar-refractivity contribution in [3.8, 4) is 17.3 Å². The van der Waals surface area contributed by atoms with Crippen molar-refractivity contribution in [1.82, 2.24) is 4.98 Å². The molecule has 0 atom stereocenters. The van der Waals surface area contributed by atoms with Crippen LogP contribution in [-0.2, 0) is 0 Å². The molecule has 1 aromatic heterocycles. The van der Waals surface area contributed by atoms with Gasteiger partial charge in [-0.2, -0.15) is 5.26 Å². The van der Waals surface area contributed by atoms with Gasteiger partial charge in [0, 0.05) is 5.56 Å². The summed E-state index contributed by atoms with van der Waals surface area (Å²) in [6, 6.07) is 15.6. The molecule has 0 radical (unpaired) electrons. The summed E-state index contributed by atoms with van der Waals surface area (Å²) in [6.45, 7) is 0. The third-order valence-electron chi connectivity index (χ3n) is 2.02. The minimum Gasteiger partial charge on any atom is -0.236 e. The fraction of sp³-hybridized carbons (Fsp3) is 0. The van der Waals surface area contributed by atoms with Crippen LogP contribution in [0.2, 0.25) is 0 Å². The maximum absolute atomic E-state index is 8.85. The monoisotopic (exact) mass is 258 g/mol. The van der Waals surface area contributed by atoms with Crippen LogP contribution in [0.4, 0.5) is 0 Å². The van der Waals surface area contributed by atoms with E-state index in [-0.39, 0.29) is 0 Å². The molecule has 0 aliphatic carbocycles. The molecule has 72 valence electrons. The van der Waals surface area contributed by atoms with E-state index in [0.29, 0.717) is 5.69 Å². The second-order valence-corrected chi connectivity index (χ2v) is 3.86. The largest absolute Gasteiger partial charge is 0.236 e. The molecule has 1 heterocycles. The molecule has 0 saturated heterocycles. The van der Waals surface area contributed by atoms with Crippen molar-refractivity contribution in [2.24, 2.45) is 0 Å². The van der Waals surface area contributed by atoms with Crippen LogP contribution in [0.5, 0.6) is 0 Å². The molecule has 0 aliphatic rings. The number of halogens is 1. The lowest BCUT2D eigenvalue weighted by Gasteiger charge is -2.01. The number of nitrogens with zero attached hydrogens (tertiary/aromatic N) is 2. The van der Waals surface area contributed by atoms with Crippen LogP contribution in [0, 0.1) is 11.3 Å². The Morgan fingerprint density at radius 1 is 1.07 bits per heavy atom. The van der Waals surface area contributed by atoms with Gasteiger partial charge in [0.15, 0.2) is 5.69 Å². The summed E-state index contributed by atoms with van der Waals surface area (Å²) >= 11 is 3.28. The van der Waals surface area contributed by atoms with Gasteiger partial charge in [-0.15, -0.1) is 0 Å². The standard InChI is InChI=1S/C12H7BrN2/c13-10-6-7-11(15-12(10)8-14)9-4-2-1-3-5-9/h1-7H. The number of benzene rings is 1. The van der Waals surface area contributed by atoms with Crippen LogP contribution in [0.3, 0.4) is 0 Å². The van der Waals surface area contributed by atoms with Gasteiger partial charge in [-0.25, -0.2) is 4.98 Å². The lowest BCUT2D eigenvalue weighted by Crippen LogP contribution is -1.88. The first-order valence-corrected chi connectivity index (χ1v) is 5.22. The normalized spacial score (nSPS) is 9.60. The first kappa shape index (κ1) is 9.88. The minimum absolute atomic E-state index is 0.413. The summed E-state index contributed by atoms with van der Waals surface area (Å²) in [6.07, 6.45) is 0. The molecule has 0 saturated carbocycles. The zero-order valence-electron chi connectivity index (χ0n) is 7.81. The van der Waals surface area contributed by atoms with Crippen LogP contribution in [0.15, 0.2) is 46.9 Å². The van der Waals surface area contributed by atoms with Gasteiger partial charge < -0.3 is 0 Å². The minimum atomic E-state index is 0.413. The molecule has 2 rings (SSSR count). The smallest absolute Gasteiger partial charge is 0.155 e. The number of aromatic nitrogens is 1. The Hall–Kier alpha value is -1.66. The molecule has 0 aliphatic heterocycles. The van der Waals surface area contributed by atoms with E-state index in [9.17, 15) is 0 Å². The number of hydrogen-bond donors (Lipinski definition) is 0. The highest BCUT2D eigenvalue weighted by Crippen LogP contribution is 2.21. The van der Waals surface area contributed by atoms with Gasteiger partial charge >= 0.3 is 0 Å². The summed E-state index contributed by atoms with van der Waals surface area (Å²) in [4.78, 5) is 4.25. The first-order valence-electron chi connectivity index (χ1n) is 4.43. The van der Waals surface area contributed by atoms with E-state index in [1.165, 1.54) is 0 Å². The second kappa shape index (κ2) is 4.24. The molecule has 0 bridgehead atoms. The van der Waals surface area contributed by atoms with Gasteiger partial charge in [0.2, 0.25) is 0 Å². The molecule has 0 fully saturated rings. The van der Waals surface area contributed by atoms with E-state index in [1.54, 1.807) is 0 Å². The Labute approximate surface area is 96.3 Å². The van der Waals surface area contributed by atoms with E-state index in [2.05, 4.69) is 20.9 Å². The molecular weight excluding hydrogens is 252 g/mol. The third-order valence-corrected chi connectivity index (χ3v) is 2.66. The van der Waals surface area contributed by atoms with E-state index in [0.717, 1.165) is 15.7 Å². The zero-order valence-corrected chi connectivity index (χ0v) is 9.40. The van der Waals surface area contributed by atoms with Crippen LogP contribution in [0.25, 0.3) is 11.3 Å². The summed E-state index contributed by atoms with van der Waals surface area (Å²) < 4.78 is 0.727. The maximum Gasteiger partial charge on any atom is 0.155 e. The number of rotatable bonds is 1. The summed E-state index contributed by atoms with van der Waals surface area (Å²) in [7, 11) is 0. The van der Waals surface area contributed by atoms with Gasteiger partial charge in [-0.1, -0.05) is 30.3 Å². The van der Waals surface area contributed by atoms with Crippen molar-refractivity contribution < 1.29 is 0 Å². The van der Waals surface area contributed by atoms with Gasteiger partial charge in [-0.05, 0) is 28.1 Å². The van der Waals surface area contributed by atoms with Crippen LogP contribution < -0.4 is 0 Å². The highest BCUT2D eigenvalue weighted by Gasteiger charge is 2.03. The Kier molecular flexibility index (Phi) is 2.79. The zero-order chi connectivity index (χ0) is 10.7. The lowest BCUT2D eigenvalue weighted by molar-refractivity contribution is 1.25. The van der Waals surface area contributed by atoms with Gasteiger partial charge in [-0.3, -0.25) is 0 Å². The first-order chi connectivity index (χ1) is 7.31. The highest BCUT2D eigenvalue weighted by molar-refractivity contribution is 9.10. The number of hydrogen-bond acceptors (Lipinski definition) is 2. The molecule has 0 spiro atoms. The Morgan fingerprint density at radius 2 is 1.80 bits per heavy atom. The van der Waals surface area contributed by atoms with Crippen LogP contribution in [0.1, 0.15) is 5.69 Å². The average Bonchev–Trinajstić information content (AvgIpc) is 2.31. The highest BCUT2D eigenvalue weighted by atomic mass is 79.9. The van der Waals surface area contributed by atoms with Crippen LogP contribution in [-0.4, -0.2) is 4.98 Å². The quantitative estimate of drug-likeness (QED) is 0.787. The topological polar surface area (TPSA) is 36.7 Å². The molecular formula is C12H7BrN2. The predicted molar refractivity (Wildman–Crippen MR) is 62.1 cm³/mol. The molecule has 2 aromatic rings. The van der Waals surface area contributed by atoms with Crippen molar-refractivity contribution in [3.63, 3.8) is 0 Å². The maximum atomic E-state index is 8.85. The Bertz CT molecular complexity index is 515. The molecule has 2 nitrogen and oxygen atoms in total. The van der Waals surface area contributed by atoms with E-state index >= 15 is 0 Å². The summed E-state index contributed by atoms with van der Waals surface area (Å²) in [5.41, 5.74) is 2.24. The van der Waals surface area contributed by atoms with Crippen molar-refractivity contribution in [2.75, 3.05) is 0 Å². The SMILES string of the molecule is N#Cc1nc(-c2ccccc2)ccc1Br. The predicted octanol–water partition coefficient (Wildman–Crippen LogP) is 3.38. The third kappa shape index (κ3) is 2.05. The van der Waals surface area contributed by atoms with Crippen molar-refractivity contribution in [2.45, 2.75) is 0 Å². The Morgan fingerprint density at radius 3 is 2.47 bits per heavy atom. The fourth-order valence-electron chi connectivity index (χ4n) is 1.29. The summed E-state index contributed by atoms with van der Waals surface area (Å²) in [5.74, 6) is 0. The van der Waals surface area contributed by atoms with E-state index in [4.69, 9.17) is 5.26 Å². The number of pyridine rings is 1. The average molecular weight is 259 g/mol. The molecule has 0 N–H and O–H groups in total. The van der Waals surface area contributed by atoms with Crippen molar-refractivity contribution in [3.05, 3.63) is 52.6 Å². The van der Waals surface area contributed by atoms with E-state index < -0.39 is 0 Å². The molecule has 1 aromatic carbocycles. The second-order valence-electron chi connectivity index (χ2n) is 3.00. The van der Waals surface area contributed by atoms with Crippen LogP contribution >= 0.6 is 15.9 Å². The van der Waals surface area contributed by atoms with Crippen molar-refractivity contribution in [1.29, 1.82) is 5.26 Å².